The Morgan fingerprint density at radius 3 is 1.73 bits per heavy atom. The van der Waals surface area contributed by atoms with Crippen LogP contribution in [0.5, 0.6) is 0 Å². The van der Waals surface area contributed by atoms with Gasteiger partial charge in [0.2, 0.25) is 0 Å². The molecule has 0 saturated heterocycles. The lowest BCUT2D eigenvalue weighted by Crippen LogP contribution is -2.31. The number of hydrogen-bond donors (Lipinski definition) is 0. The first kappa shape index (κ1) is 16.9. The number of rotatable bonds is 3. The smallest absolute Gasteiger partial charge is 0.311 e. The van der Waals surface area contributed by atoms with E-state index in [-0.39, 0.29) is 16.8 Å². The molecule has 0 aromatic heterocycles. The average molecular weight is 216 g/mol. The standard InChI is InChI=1S/C11H22O2.C2H6/c1-7-13-9(12)11(5,6)8-10(2,3)4;1-2/h7-8H2,1-6H3;1-2H3. The van der Waals surface area contributed by atoms with Crippen molar-refractivity contribution >= 4 is 5.97 Å². The molecule has 0 aromatic carbocycles. The molecule has 15 heavy (non-hydrogen) atoms. The van der Waals surface area contributed by atoms with Crippen molar-refractivity contribution in [2.45, 2.75) is 61.8 Å². The molecule has 2 heteroatoms. The number of carbonyl (C=O) groups is 1. The van der Waals surface area contributed by atoms with Gasteiger partial charge in [0, 0.05) is 0 Å². The highest BCUT2D eigenvalue weighted by atomic mass is 16.5. The van der Waals surface area contributed by atoms with Crippen molar-refractivity contribution in [2.24, 2.45) is 10.8 Å². The fraction of sp³-hybridized carbons (Fsp3) is 0.923. The van der Waals surface area contributed by atoms with E-state index in [0.717, 1.165) is 6.42 Å². The zero-order valence-corrected chi connectivity index (χ0v) is 11.7. The molecule has 92 valence electrons. The van der Waals surface area contributed by atoms with E-state index in [1.807, 2.05) is 34.6 Å². The van der Waals surface area contributed by atoms with Gasteiger partial charge in [0.25, 0.3) is 0 Å². The summed E-state index contributed by atoms with van der Waals surface area (Å²) in [4.78, 5) is 11.5. The summed E-state index contributed by atoms with van der Waals surface area (Å²) in [6.45, 7) is 16.6. The Morgan fingerprint density at radius 2 is 1.47 bits per heavy atom. The van der Waals surface area contributed by atoms with E-state index < -0.39 is 0 Å². The van der Waals surface area contributed by atoms with Gasteiger partial charge in [0.1, 0.15) is 0 Å². The molecule has 0 radical (unpaired) electrons. The highest BCUT2D eigenvalue weighted by molar-refractivity contribution is 5.75. The van der Waals surface area contributed by atoms with Crippen LogP contribution in [-0.2, 0) is 9.53 Å². The van der Waals surface area contributed by atoms with Crippen molar-refractivity contribution in [2.75, 3.05) is 6.61 Å². The van der Waals surface area contributed by atoms with Gasteiger partial charge in [-0.05, 0) is 32.6 Å². The van der Waals surface area contributed by atoms with Crippen molar-refractivity contribution in [3.63, 3.8) is 0 Å². The molecule has 0 N–H and O–H groups in total. The van der Waals surface area contributed by atoms with Crippen LogP contribution >= 0.6 is 0 Å². The van der Waals surface area contributed by atoms with E-state index in [4.69, 9.17) is 4.74 Å². The third-order valence-electron chi connectivity index (χ3n) is 1.80. The van der Waals surface area contributed by atoms with E-state index >= 15 is 0 Å². The van der Waals surface area contributed by atoms with Gasteiger partial charge in [0.15, 0.2) is 0 Å². The van der Waals surface area contributed by atoms with Gasteiger partial charge < -0.3 is 4.74 Å². The lowest BCUT2D eigenvalue weighted by molar-refractivity contribution is -0.155. The highest BCUT2D eigenvalue weighted by Gasteiger charge is 2.33. The molecular formula is C13H28O2. The minimum absolute atomic E-state index is 0.0927. The van der Waals surface area contributed by atoms with Crippen LogP contribution in [0.15, 0.2) is 0 Å². The normalized spacial score (nSPS) is 11.5. The highest BCUT2D eigenvalue weighted by Crippen LogP contribution is 2.33. The molecule has 0 aliphatic rings. The summed E-state index contributed by atoms with van der Waals surface area (Å²) in [6.07, 6.45) is 0.846. The quantitative estimate of drug-likeness (QED) is 0.666. The van der Waals surface area contributed by atoms with Crippen LogP contribution in [-0.4, -0.2) is 12.6 Å². The van der Waals surface area contributed by atoms with Crippen LogP contribution in [0.25, 0.3) is 0 Å². The maximum atomic E-state index is 11.5. The van der Waals surface area contributed by atoms with Gasteiger partial charge >= 0.3 is 5.97 Å². The monoisotopic (exact) mass is 216 g/mol. The molecule has 0 fully saturated rings. The van der Waals surface area contributed by atoms with Crippen LogP contribution < -0.4 is 0 Å². The Balaban J connectivity index is 0. The summed E-state index contributed by atoms with van der Waals surface area (Å²) in [5.41, 5.74) is -0.204. The Labute approximate surface area is 95.4 Å². The van der Waals surface area contributed by atoms with E-state index in [1.165, 1.54) is 0 Å². The predicted octanol–water partition coefficient (Wildman–Crippen LogP) is 4.04. The Hall–Kier alpha value is -0.530. The molecule has 0 rings (SSSR count). The first-order valence-electron chi connectivity index (χ1n) is 5.86. The summed E-state index contributed by atoms with van der Waals surface area (Å²) >= 11 is 0. The van der Waals surface area contributed by atoms with Crippen molar-refractivity contribution in [1.82, 2.24) is 0 Å². The number of carbonyl (C=O) groups excluding carboxylic acids is 1. The number of esters is 1. The molecular weight excluding hydrogens is 188 g/mol. The second kappa shape index (κ2) is 6.86. The molecule has 0 spiro atoms. The fourth-order valence-electron chi connectivity index (χ4n) is 1.72. The molecule has 0 saturated carbocycles. The summed E-state index contributed by atoms with van der Waals surface area (Å²) in [6, 6.07) is 0. The lowest BCUT2D eigenvalue weighted by Gasteiger charge is -2.30. The number of ether oxygens (including phenoxy) is 1. The largest absolute Gasteiger partial charge is 0.466 e. The summed E-state index contributed by atoms with van der Waals surface area (Å²) < 4.78 is 5.01. The predicted molar refractivity (Wildman–Crippen MR) is 65.8 cm³/mol. The Morgan fingerprint density at radius 1 is 1.07 bits per heavy atom. The third kappa shape index (κ3) is 8.46. The van der Waals surface area contributed by atoms with Gasteiger partial charge in [-0.3, -0.25) is 4.79 Å². The second-order valence-corrected chi connectivity index (χ2v) is 5.34. The van der Waals surface area contributed by atoms with Gasteiger partial charge in [-0.25, -0.2) is 0 Å². The van der Waals surface area contributed by atoms with E-state index in [2.05, 4.69) is 20.8 Å². The Kier molecular flexibility index (Phi) is 7.72. The molecule has 0 heterocycles. The van der Waals surface area contributed by atoms with Crippen molar-refractivity contribution in [3.05, 3.63) is 0 Å². The summed E-state index contributed by atoms with van der Waals surface area (Å²) in [5.74, 6) is -0.0927. The minimum atomic E-state index is -0.367. The van der Waals surface area contributed by atoms with Crippen LogP contribution in [0.2, 0.25) is 0 Å². The topological polar surface area (TPSA) is 26.3 Å². The third-order valence-corrected chi connectivity index (χ3v) is 1.80. The molecule has 0 aliphatic heterocycles. The maximum absolute atomic E-state index is 11.5. The molecule has 0 aromatic rings. The van der Waals surface area contributed by atoms with Gasteiger partial charge in [0.05, 0.1) is 12.0 Å². The molecule has 0 bridgehead atoms. The molecule has 2 nitrogen and oxygen atoms in total. The molecule has 0 amide bonds. The van der Waals surface area contributed by atoms with Gasteiger partial charge in [-0.1, -0.05) is 34.6 Å². The van der Waals surface area contributed by atoms with Crippen molar-refractivity contribution in [3.8, 4) is 0 Å². The molecule has 0 atom stereocenters. The summed E-state index contributed by atoms with van der Waals surface area (Å²) in [5, 5.41) is 0. The first-order chi connectivity index (χ1) is 6.69. The van der Waals surface area contributed by atoms with Crippen molar-refractivity contribution < 1.29 is 9.53 Å². The average Bonchev–Trinajstić information content (AvgIpc) is 2.04. The van der Waals surface area contributed by atoms with Crippen LogP contribution in [0.4, 0.5) is 0 Å². The lowest BCUT2D eigenvalue weighted by atomic mass is 9.76. The van der Waals surface area contributed by atoms with E-state index in [1.54, 1.807) is 0 Å². The second-order valence-electron chi connectivity index (χ2n) is 5.34. The zero-order valence-electron chi connectivity index (χ0n) is 11.7. The first-order valence-corrected chi connectivity index (χ1v) is 5.86. The molecule has 0 aliphatic carbocycles. The summed E-state index contributed by atoms with van der Waals surface area (Å²) in [7, 11) is 0. The maximum Gasteiger partial charge on any atom is 0.311 e. The van der Waals surface area contributed by atoms with E-state index in [0.29, 0.717) is 6.61 Å². The Bertz CT molecular complexity index is 175. The fourth-order valence-corrected chi connectivity index (χ4v) is 1.72. The van der Waals surface area contributed by atoms with Crippen LogP contribution in [0, 0.1) is 10.8 Å². The van der Waals surface area contributed by atoms with Gasteiger partial charge in [-0.15, -0.1) is 0 Å². The van der Waals surface area contributed by atoms with Crippen molar-refractivity contribution in [1.29, 1.82) is 0 Å². The SMILES string of the molecule is CC.CCOC(=O)C(C)(C)CC(C)(C)C. The van der Waals surface area contributed by atoms with Gasteiger partial charge in [-0.2, -0.15) is 0 Å². The van der Waals surface area contributed by atoms with E-state index in [9.17, 15) is 4.79 Å². The zero-order chi connectivity index (χ0) is 12.7. The van der Waals surface area contributed by atoms with Crippen LogP contribution in [0.1, 0.15) is 61.8 Å². The number of hydrogen-bond acceptors (Lipinski definition) is 2. The minimum Gasteiger partial charge on any atom is -0.466 e. The van der Waals surface area contributed by atoms with Crippen LogP contribution in [0.3, 0.4) is 0 Å². The molecule has 0 unspecified atom stereocenters.